The van der Waals surface area contributed by atoms with Gasteiger partial charge in [-0.3, -0.25) is 0 Å². The van der Waals surface area contributed by atoms with Crippen LogP contribution in [0.4, 0.5) is 11.5 Å². The SMILES string of the molecule is CCCc1cc(Nc2ccc(C(=O)O)cc2)nc(CC)n1. The maximum Gasteiger partial charge on any atom is 0.335 e. The Labute approximate surface area is 124 Å². The monoisotopic (exact) mass is 285 g/mol. The number of aryl methyl sites for hydroxylation is 2. The number of carboxylic acid groups (broad SMARTS) is 1. The van der Waals surface area contributed by atoms with E-state index in [0.717, 1.165) is 42.3 Å². The smallest absolute Gasteiger partial charge is 0.335 e. The second-order valence-corrected chi connectivity index (χ2v) is 4.77. The van der Waals surface area contributed by atoms with Gasteiger partial charge in [0.15, 0.2) is 0 Å². The van der Waals surface area contributed by atoms with Gasteiger partial charge in [0.1, 0.15) is 11.6 Å². The molecule has 0 saturated heterocycles. The predicted molar refractivity (Wildman–Crippen MR) is 82.1 cm³/mol. The molecule has 2 N–H and O–H groups in total. The fourth-order valence-corrected chi connectivity index (χ4v) is 2.00. The van der Waals surface area contributed by atoms with Gasteiger partial charge in [-0.05, 0) is 30.7 Å². The van der Waals surface area contributed by atoms with Crippen LogP contribution >= 0.6 is 0 Å². The molecule has 0 bridgehead atoms. The maximum atomic E-state index is 10.8. The van der Waals surface area contributed by atoms with Crippen LogP contribution in [-0.4, -0.2) is 21.0 Å². The van der Waals surface area contributed by atoms with Crippen molar-refractivity contribution in [1.82, 2.24) is 9.97 Å². The lowest BCUT2D eigenvalue weighted by Gasteiger charge is -2.09. The first kappa shape index (κ1) is 15.0. The predicted octanol–water partition coefficient (Wildman–Crippen LogP) is 3.43. The molecule has 5 nitrogen and oxygen atoms in total. The van der Waals surface area contributed by atoms with E-state index in [1.54, 1.807) is 24.3 Å². The Morgan fingerprint density at radius 3 is 2.48 bits per heavy atom. The number of anilines is 2. The van der Waals surface area contributed by atoms with E-state index in [1.807, 2.05) is 13.0 Å². The van der Waals surface area contributed by atoms with E-state index < -0.39 is 5.97 Å². The van der Waals surface area contributed by atoms with E-state index in [-0.39, 0.29) is 5.56 Å². The van der Waals surface area contributed by atoms with Gasteiger partial charge in [0, 0.05) is 23.9 Å². The van der Waals surface area contributed by atoms with Crippen molar-refractivity contribution in [1.29, 1.82) is 0 Å². The highest BCUT2D eigenvalue weighted by Gasteiger charge is 2.05. The number of carboxylic acids is 1. The van der Waals surface area contributed by atoms with Gasteiger partial charge < -0.3 is 10.4 Å². The Kier molecular flexibility index (Phi) is 4.87. The summed E-state index contributed by atoms with van der Waals surface area (Å²) in [6.07, 6.45) is 2.74. The molecular formula is C16H19N3O2. The summed E-state index contributed by atoms with van der Waals surface area (Å²) in [6, 6.07) is 8.54. The number of hydrogen-bond donors (Lipinski definition) is 2. The normalized spacial score (nSPS) is 10.4. The molecule has 0 saturated carbocycles. The summed E-state index contributed by atoms with van der Waals surface area (Å²) >= 11 is 0. The van der Waals surface area contributed by atoms with Crippen LogP contribution in [0.15, 0.2) is 30.3 Å². The molecule has 1 aromatic heterocycles. The quantitative estimate of drug-likeness (QED) is 0.850. The number of aromatic carboxylic acids is 1. The molecular weight excluding hydrogens is 266 g/mol. The second-order valence-electron chi connectivity index (χ2n) is 4.77. The van der Waals surface area contributed by atoms with Crippen LogP contribution in [0.1, 0.15) is 42.1 Å². The molecule has 0 unspecified atom stereocenters. The number of aromatic nitrogens is 2. The Morgan fingerprint density at radius 2 is 1.90 bits per heavy atom. The Balaban J connectivity index is 2.21. The number of nitrogens with one attached hydrogen (secondary N) is 1. The lowest BCUT2D eigenvalue weighted by atomic mass is 10.2. The number of nitrogens with zero attached hydrogens (tertiary/aromatic N) is 2. The first-order valence-electron chi connectivity index (χ1n) is 7.09. The molecule has 0 spiro atoms. The molecule has 21 heavy (non-hydrogen) atoms. The largest absolute Gasteiger partial charge is 0.478 e. The van der Waals surface area contributed by atoms with Crippen molar-refractivity contribution in [3.05, 3.63) is 47.4 Å². The Morgan fingerprint density at radius 1 is 1.19 bits per heavy atom. The fourth-order valence-electron chi connectivity index (χ4n) is 2.00. The van der Waals surface area contributed by atoms with Crippen LogP contribution in [-0.2, 0) is 12.8 Å². The van der Waals surface area contributed by atoms with E-state index in [1.165, 1.54) is 0 Å². The second kappa shape index (κ2) is 6.83. The van der Waals surface area contributed by atoms with Crippen LogP contribution in [0.3, 0.4) is 0 Å². The van der Waals surface area contributed by atoms with Crippen molar-refractivity contribution in [3.8, 4) is 0 Å². The van der Waals surface area contributed by atoms with Crippen LogP contribution in [0, 0.1) is 0 Å². The van der Waals surface area contributed by atoms with Crippen LogP contribution < -0.4 is 5.32 Å². The van der Waals surface area contributed by atoms with E-state index in [0.29, 0.717) is 0 Å². The summed E-state index contributed by atoms with van der Waals surface area (Å²) in [5, 5.41) is 12.1. The highest BCUT2D eigenvalue weighted by molar-refractivity contribution is 5.88. The Bertz CT molecular complexity index is 624. The van der Waals surface area contributed by atoms with Crippen LogP contribution in [0.5, 0.6) is 0 Å². The third-order valence-corrected chi connectivity index (χ3v) is 3.05. The highest BCUT2D eigenvalue weighted by atomic mass is 16.4. The molecule has 0 fully saturated rings. The first-order chi connectivity index (χ1) is 10.1. The first-order valence-corrected chi connectivity index (χ1v) is 7.09. The van der Waals surface area contributed by atoms with Gasteiger partial charge in [-0.1, -0.05) is 20.3 Å². The van der Waals surface area contributed by atoms with Crippen LogP contribution in [0.2, 0.25) is 0 Å². The molecule has 0 aliphatic rings. The van der Waals surface area contributed by atoms with Crippen molar-refractivity contribution < 1.29 is 9.90 Å². The van der Waals surface area contributed by atoms with Crippen molar-refractivity contribution >= 4 is 17.5 Å². The topological polar surface area (TPSA) is 75.1 Å². The summed E-state index contributed by atoms with van der Waals surface area (Å²) in [6.45, 7) is 4.14. The fraction of sp³-hybridized carbons (Fsp3) is 0.312. The van der Waals surface area contributed by atoms with Crippen molar-refractivity contribution in [2.45, 2.75) is 33.1 Å². The summed E-state index contributed by atoms with van der Waals surface area (Å²) in [5.74, 6) is 0.626. The molecule has 1 aromatic carbocycles. The molecule has 0 radical (unpaired) electrons. The molecule has 110 valence electrons. The average Bonchev–Trinajstić information content (AvgIpc) is 2.48. The van der Waals surface area contributed by atoms with Gasteiger partial charge >= 0.3 is 5.97 Å². The van der Waals surface area contributed by atoms with Gasteiger partial charge in [-0.2, -0.15) is 0 Å². The average molecular weight is 285 g/mol. The number of carbonyl (C=O) groups is 1. The molecule has 0 amide bonds. The minimum atomic E-state index is -0.929. The van der Waals surface area contributed by atoms with E-state index >= 15 is 0 Å². The third kappa shape index (κ3) is 4.02. The third-order valence-electron chi connectivity index (χ3n) is 3.05. The number of benzene rings is 1. The standard InChI is InChI=1S/C16H19N3O2/c1-3-5-13-10-15(19-14(4-2)18-13)17-12-8-6-11(7-9-12)16(20)21/h6-10H,3-5H2,1-2H3,(H,20,21)(H,17,18,19). The zero-order chi connectivity index (χ0) is 15.2. The number of rotatable bonds is 6. The zero-order valence-corrected chi connectivity index (χ0v) is 12.3. The molecule has 5 heteroatoms. The van der Waals surface area contributed by atoms with Crippen molar-refractivity contribution in [2.75, 3.05) is 5.32 Å². The van der Waals surface area contributed by atoms with E-state index in [2.05, 4.69) is 22.2 Å². The van der Waals surface area contributed by atoms with Gasteiger partial charge in [-0.15, -0.1) is 0 Å². The summed E-state index contributed by atoms with van der Waals surface area (Å²) in [4.78, 5) is 19.8. The lowest BCUT2D eigenvalue weighted by molar-refractivity contribution is 0.0697. The summed E-state index contributed by atoms with van der Waals surface area (Å²) < 4.78 is 0. The maximum absolute atomic E-state index is 10.8. The van der Waals surface area contributed by atoms with E-state index in [9.17, 15) is 4.79 Å². The zero-order valence-electron chi connectivity index (χ0n) is 12.3. The van der Waals surface area contributed by atoms with Gasteiger partial charge in [0.05, 0.1) is 5.56 Å². The molecule has 2 rings (SSSR count). The van der Waals surface area contributed by atoms with Crippen LogP contribution in [0.25, 0.3) is 0 Å². The van der Waals surface area contributed by atoms with Crippen molar-refractivity contribution in [2.24, 2.45) is 0 Å². The van der Waals surface area contributed by atoms with Crippen molar-refractivity contribution in [3.63, 3.8) is 0 Å². The minimum absolute atomic E-state index is 0.268. The highest BCUT2D eigenvalue weighted by Crippen LogP contribution is 2.17. The molecule has 2 aromatic rings. The molecule has 0 aliphatic carbocycles. The molecule has 0 atom stereocenters. The Hall–Kier alpha value is -2.43. The van der Waals surface area contributed by atoms with E-state index in [4.69, 9.17) is 5.11 Å². The van der Waals surface area contributed by atoms with Gasteiger partial charge in [-0.25, -0.2) is 14.8 Å². The molecule has 1 heterocycles. The minimum Gasteiger partial charge on any atom is -0.478 e. The number of hydrogen-bond acceptors (Lipinski definition) is 4. The summed E-state index contributed by atoms with van der Waals surface area (Å²) in [7, 11) is 0. The summed E-state index contributed by atoms with van der Waals surface area (Å²) in [5.41, 5.74) is 2.10. The molecule has 0 aliphatic heterocycles. The van der Waals surface area contributed by atoms with Gasteiger partial charge in [0.25, 0.3) is 0 Å². The lowest BCUT2D eigenvalue weighted by Crippen LogP contribution is -2.03. The van der Waals surface area contributed by atoms with Gasteiger partial charge in [0.2, 0.25) is 0 Å².